The van der Waals surface area contributed by atoms with Gasteiger partial charge in [0.1, 0.15) is 0 Å². The van der Waals surface area contributed by atoms with Crippen LogP contribution in [0.1, 0.15) is 142 Å². The fourth-order valence-electron chi connectivity index (χ4n) is 4.20. The number of unbranched alkanes of at least 4 members (excludes halogenated alkanes) is 19. The van der Waals surface area contributed by atoms with Crippen molar-refractivity contribution >= 4 is 12.4 Å². The van der Waals surface area contributed by atoms with Crippen molar-refractivity contribution in [1.82, 2.24) is 4.90 Å². The van der Waals surface area contributed by atoms with Crippen molar-refractivity contribution in [3.63, 3.8) is 0 Å². The molecule has 0 fully saturated rings. The van der Waals surface area contributed by atoms with E-state index in [0.717, 1.165) is 13.1 Å². The summed E-state index contributed by atoms with van der Waals surface area (Å²) in [7, 11) is 0. The lowest BCUT2D eigenvalue weighted by Crippen LogP contribution is -2.32. The molecule has 0 radical (unpaired) electrons. The predicted molar refractivity (Wildman–Crippen MR) is 136 cm³/mol. The summed E-state index contributed by atoms with van der Waals surface area (Å²) in [6.07, 6.45) is 27.0. The first kappa shape index (κ1) is 32.4. The van der Waals surface area contributed by atoms with E-state index in [1.165, 1.54) is 128 Å². The van der Waals surface area contributed by atoms with Crippen LogP contribution in [0.2, 0.25) is 0 Å². The van der Waals surface area contributed by atoms with Gasteiger partial charge in [-0.25, -0.2) is 0 Å². The average Bonchev–Trinajstić information content (AvgIpc) is 2.71. The number of hydrogen-bond donors (Lipinski definition) is 2. The topological polar surface area (TPSA) is 43.7 Å². The Hall–Kier alpha value is 0.170. The molecule has 0 atom stereocenters. The zero-order chi connectivity index (χ0) is 21.4. The summed E-state index contributed by atoms with van der Waals surface area (Å²) in [5, 5.41) is 18.1. The highest BCUT2D eigenvalue weighted by atomic mass is 35.5. The maximum Gasteiger partial charge on any atom is 0.164 e. The van der Waals surface area contributed by atoms with Crippen LogP contribution in [0.3, 0.4) is 0 Å². The highest BCUT2D eigenvalue weighted by molar-refractivity contribution is 5.85. The Balaban J connectivity index is 0. The van der Waals surface area contributed by atoms with Gasteiger partial charge in [0.2, 0.25) is 0 Å². The molecule has 184 valence electrons. The Labute approximate surface area is 195 Å². The fraction of sp³-hybridized carbons (Fsp3) is 1.00. The van der Waals surface area contributed by atoms with Crippen LogP contribution in [0.25, 0.3) is 0 Å². The normalized spacial score (nSPS) is 11.4. The molecule has 0 aliphatic rings. The van der Waals surface area contributed by atoms with Crippen molar-refractivity contribution < 1.29 is 10.2 Å². The summed E-state index contributed by atoms with van der Waals surface area (Å²) in [6.45, 7) is 6.65. The summed E-state index contributed by atoms with van der Waals surface area (Å²) in [5.74, 6) is 0. The van der Waals surface area contributed by atoms with Gasteiger partial charge in [-0.1, -0.05) is 136 Å². The third-order valence-electron chi connectivity index (χ3n) is 6.20. The standard InChI is InChI=1S/C26H55NO2.ClH/c1-3-5-6-7-8-9-10-11-12-13-14-15-16-17-18-19-20-21-22-23-24-27(4-2)25-26(28)29;/h26,28-29H,3-25H2,1-2H3;1H. The third kappa shape index (κ3) is 26.2. The third-order valence-corrected chi connectivity index (χ3v) is 6.20. The molecular weight excluding hydrogens is 394 g/mol. The van der Waals surface area contributed by atoms with Gasteiger partial charge < -0.3 is 10.2 Å². The largest absolute Gasteiger partial charge is 0.367 e. The van der Waals surface area contributed by atoms with Crippen LogP contribution in [-0.2, 0) is 0 Å². The van der Waals surface area contributed by atoms with E-state index < -0.39 is 6.29 Å². The minimum Gasteiger partial charge on any atom is -0.367 e. The van der Waals surface area contributed by atoms with Gasteiger partial charge in [-0.3, -0.25) is 4.90 Å². The Morgan fingerprint density at radius 3 is 1.07 bits per heavy atom. The van der Waals surface area contributed by atoms with E-state index in [1.807, 2.05) is 0 Å². The van der Waals surface area contributed by atoms with Crippen LogP contribution in [0, 0.1) is 0 Å². The minimum atomic E-state index is -1.19. The number of hydrogen-bond acceptors (Lipinski definition) is 3. The van der Waals surface area contributed by atoms with E-state index in [0.29, 0.717) is 6.54 Å². The lowest BCUT2D eigenvalue weighted by atomic mass is 10.0. The minimum absolute atomic E-state index is 0. The van der Waals surface area contributed by atoms with Gasteiger partial charge in [-0.2, -0.15) is 0 Å². The van der Waals surface area contributed by atoms with Gasteiger partial charge in [0.15, 0.2) is 6.29 Å². The van der Waals surface area contributed by atoms with Crippen molar-refractivity contribution in [2.24, 2.45) is 0 Å². The van der Waals surface area contributed by atoms with Crippen LogP contribution < -0.4 is 0 Å². The molecule has 0 aliphatic heterocycles. The molecule has 30 heavy (non-hydrogen) atoms. The fourth-order valence-corrected chi connectivity index (χ4v) is 4.20. The molecule has 0 heterocycles. The first-order valence-corrected chi connectivity index (χ1v) is 13.3. The van der Waals surface area contributed by atoms with E-state index in [-0.39, 0.29) is 12.4 Å². The quantitative estimate of drug-likeness (QED) is 0.116. The van der Waals surface area contributed by atoms with E-state index in [4.69, 9.17) is 10.2 Å². The van der Waals surface area contributed by atoms with Crippen LogP contribution >= 0.6 is 12.4 Å². The molecule has 4 heteroatoms. The summed E-state index contributed by atoms with van der Waals surface area (Å²) >= 11 is 0. The zero-order valence-electron chi connectivity index (χ0n) is 20.6. The van der Waals surface area contributed by atoms with Gasteiger partial charge in [-0.15, -0.1) is 12.4 Å². The lowest BCUT2D eigenvalue weighted by Gasteiger charge is -2.20. The average molecular weight is 450 g/mol. The highest BCUT2D eigenvalue weighted by Crippen LogP contribution is 2.14. The van der Waals surface area contributed by atoms with E-state index in [9.17, 15) is 0 Å². The molecule has 0 aromatic heterocycles. The van der Waals surface area contributed by atoms with Gasteiger partial charge in [0.25, 0.3) is 0 Å². The number of likely N-dealkylation sites (N-methyl/N-ethyl adjacent to an activating group) is 1. The summed E-state index contributed by atoms with van der Waals surface area (Å²) < 4.78 is 0. The number of rotatable bonds is 24. The molecule has 0 saturated heterocycles. The first-order chi connectivity index (χ1) is 14.2. The first-order valence-electron chi connectivity index (χ1n) is 13.3. The van der Waals surface area contributed by atoms with Gasteiger partial charge in [-0.05, 0) is 19.5 Å². The molecule has 0 amide bonds. The maximum atomic E-state index is 9.03. The lowest BCUT2D eigenvalue weighted by molar-refractivity contribution is -0.0606. The van der Waals surface area contributed by atoms with E-state index in [1.54, 1.807) is 0 Å². The Kier molecular flexibility index (Phi) is 29.3. The van der Waals surface area contributed by atoms with Crippen molar-refractivity contribution in [1.29, 1.82) is 0 Å². The van der Waals surface area contributed by atoms with Crippen molar-refractivity contribution in [3.05, 3.63) is 0 Å². The molecule has 0 aromatic rings. The Bertz CT molecular complexity index is 303. The van der Waals surface area contributed by atoms with E-state index in [2.05, 4.69) is 18.7 Å². The summed E-state index contributed by atoms with van der Waals surface area (Å²) in [5.41, 5.74) is 0. The van der Waals surface area contributed by atoms with Crippen molar-refractivity contribution in [2.45, 2.75) is 149 Å². The van der Waals surface area contributed by atoms with Gasteiger partial charge in [0, 0.05) is 6.54 Å². The SMILES string of the molecule is CCCCCCCCCCCCCCCCCCCCCCN(CC)CC(O)O.Cl. The second-order valence-corrected chi connectivity index (χ2v) is 9.09. The van der Waals surface area contributed by atoms with E-state index >= 15 is 0 Å². The van der Waals surface area contributed by atoms with Crippen LogP contribution in [-0.4, -0.2) is 41.0 Å². The smallest absolute Gasteiger partial charge is 0.164 e. The molecule has 0 unspecified atom stereocenters. The number of nitrogens with zero attached hydrogens (tertiary/aromatic N) is 1. The molecule has 0 spiro atoms. The summed E-state index contributed by atoms with van der Waals surface area (Å²) in [4.78, 5) is 2.12. The van der Waals surface area contributed by atoms with Crippen molar-refractivity contribution in [2.75, 3.05) is 19.6 Å². The molecule has 3 nitrogen and oxygen atoms in total. The number of aliphatic hydroxyl groups is 2. The van der Waals surface area contributed by atoms with Crippen LogP contribution in [0.5, 0.6) is 0 Å². The highest BCUT2D eigenvalue weighted by Gasteiger charge is 2.06. The molecular formula is C26H56ClNO2. The Morgan fingerprint density at radius 2 is 0.800 bits per heavy atom. The molecule has 2 N–H and O–H groups in total. The second-order valence-electron chi connectivity index (χ2n) is 9.09. The Morgan fingerprint density at radius 1 is 0.500 bits per heavy atom. The van der Waals surface area contributed by atoms with Crippen LogP contribution in [0.4, 0.5) is 0 Å². The molecule has 0 rings (SSSR count). The second kappa shape index (κ2) is 27.2. The molecule has 0 aromatic carbocycles. The zero-order valence-corrected chi connectivity index (χ0v) is 21.4. The number of aliphatic hydroxyl groups excluding tert-OH is 1. The van der Waals surface area contributed by atoms with Gasteiger partial charge in [0.05, 0.1) is 0 Å². The predicted octanol–water partition coefficient (Wildman–Crippen LogP) is 7.86. The summed E-state index contributed by atoms with van der Waals surface area (Å²) in [6, 6.07) is 0. The van der Waals surface area contributed by atoms with Crippen LogP contribution in [0.15, 0.2) is 0 Å². The van der Waals surface area contributed by atoms with Crippen molar-refractivity contribution in [3.8, 4) is 0 Å². The molecule has 0 saturated carbocycles. The number of halogens is 1. The monoisotopic (exact) mass is 449 g/mol. The molecule has 0 aliphatic carbocycles. The van der Waals surface area contributed by atoms with Gasteiger partial charge >= 0.3 is 0 Å². The maximum absolute atomic E-state index is 9.03. The molecule has 0 bridgehead atoms.